The van der Waals surface area contributed by atoms with Crippen LogP contribution in [0, 0.1) is 0 Å². The minimum Gasteiger partial charge on any atom is -0.326 e. The molecule has 0 aliphatic carbocycles. The van der Waals surface area contributed by atoms with Crippen molar-refractivity contribution in [3.05, 3.63) is 64.1 Å². The van der Waals surface area contributed by atoms with E-state index in [1.165, 1.54) is 0 Å². The van der Waals surface area contributed by atoms with E-state index >= 15 is 0 Å². The zero-order chi connectivity index (χ0) is 18.2. The highest BCUT2D eigenvalue weighted by Gasteiger charge is 2.07. The van der Waals surface area contributed by atoms with E-state index in [4.69, 9.17) is 23.2 Å². The number of hydrogen-bond acceptors (Lipinski definition) is 3. The standard InChI is InChI=1S/C18H17Cl2N3O2/c1-12(9-17(24)21-16-4-2-3-15(20)11-16)22-23-18(25)10-13-5-7-14(19)8-6-13/h2-8,11H,9-10H2,1H3,(H,21,24)(H,23,25)/b22-12+. The molecule has 0 fully saturated rings. The Morgan fingerprint density at radius 2 is 1.72 bits per heavy atom. The molecule has 2 N–H and O–H groups in total. The van der Waals surface area contributed by atoms with Gasteiger partial charge >= 0.3 is 0 Å². The third kappa shape index (κ3) is 6.95. The number of amides is 2. The summed E-state index contributed by atoms with van der Waals surface area (Å²) in [5.74, 6) is -0.507. The van der Waals surface area contributed by atoms with Crippen LogP contribution >= 0.6 is 23.2 Å². The van der Waals surface area contributed by atoms with Crippen LogP contribution in [0.1, 0.15) is 18.9 Å². The molecule has 0 saturated heterocycles. The van der Waals surface area contributed by atoms with Crippen LogP contribution in [-0.2, 0) is 16.0 Å². The van der Waals surface area contributed by atoms with Gasteiger partial charge in [-0.2, -0.15) is 5.10 Å². The van der Waals surface area contributed by atoms with E-state index in [9.17, 15) is 9.59 Å². The lowest BCUT2D eigenvalue weighted by molar-refractivity contribution is -0.120. The highest BCUT2D eigenvalue weighted by atomic mass is 35.5. The minimum atomic E-state index is -0.267. The summed E-state index contributed by atoms with van der Waals surface area (Å²) in [5, 5.41) is 7.81. The molecule has 2 amide bonds. The lowest BCUT2D eigenvalue weighted by atomic mass is 10.1. The minimum absolute atomic E-state index is 0.0632. The van der Waals surface area contributed by atoms with Gasteiger partial charge in [0, 0.05) is 21.4 Å². The number of hydrogen-bond donors (Lipinski definition) is 2. The second-order valence-corrected chi connectivity index (χ2v) is 6.29. The number of nitrogens with zero attached hydrogens (tertiary/aromatic N) is 1. The number of halogens is 2. The van der Waals surface area contributed by atoms with Crippen LogP contribution in [0.25, 0.3) is 0 Å². The molecule has 2 aromatic rings. The number of hydrazone groups is 1. The van der Waals surface area contributed by atoms with Crippen LogP contribution < -0.4 is 10.7 Å². The van der Waals surface area contributed by atoms with Gasteiger partial charge < -0.3 is 5.32 Å². The van der Waals surface area contributed by atoms with Crippen molar-refractivity contribution in [3.63, 3.8) is 0 Å². The van der Waals surface area contributed by atoms with Crippen molar-refractivity contribution >= 4 is 46.4 Å². The Morgan fingerprint density at radius 3 is 2.40 bits per heavy atom. The van der Waals surface area contributed by atoms with Crippen molar-refractivity contribution in [2.75, 3.05) is 5.32 Å². The van der Waals surface area contributed by atoms with E-state index in [1.807, 2.05) is 0 Å². The first kappa shape index (κ1) is 19.0. The molecule has 7 heteroatoms. The number of nitrogens with one attached hydrogen (secondary N) is 2. The summed E-state index contributed by atoms with van der Waals surface area (Å²) in [6.45, 7) is 1.67. The van der Waals surface area contributed by atoms with E-state index in [0.29, 0.717) is 21.4 Å². The van der Waals surface area contributed by atoms with Gasteiger partial charge in [0.05, 0.1) is 12.8 Å². The molecule has 5 nitrogen and oxygen atoms in total. The number of anilines is 1. The van der Waals surface area contributed by atoms with Crippen molar-refractivity contribution in [2.45, 2.75) is 19.8 Å². The lowest BCUT2D eigenvalue weighted by Gasteiger charge is -2.06. The van der Waals surface area contributed by atoms with Crippen LogP contribution in [0.4, 0.5) is 5.69 Å². The SMILES string of the molecule is C/C(CC(=O)Nc1cccc(Cl)c1)=N\NC(=O)Cc1ccc(Cl)cc1. The predicted octanol–water partition coefficient (Wildman–Crippen LogP) is 4.06. The summed E-state index contributed by atoms with van der Waals surface area (Å²) >= 11 is 11.7. The van der Waals surface area contributed by atoms with Gasteiger partial charge in [0.15, 0.2) is 0 Å². The maximum Gasteiger partial charge on any atom is 0.244 e. The predicted molar refractivity (Wildman–Crippen MR) is 101 cm³/mol. The molecule has 0 aromatic heterocycles. The van der Waals surface area contributed by atoms with E-state index < -0.39 is 0 Å². The average molecular weight is 378 g/mol. The first-order chi connectivity index (χ1) is 11.9. The smallest absolute Gasteiger partial charge is 0.244 e. The van der Waals surface area contributed by atoms with Gasteiger partial charge in [0.1, 0.15) is 0 Å². The molecular weight excluding hydrogens is 361 g/mol. The molecule has 0 radical (unpaired) electrons. The van der Waals surface area contributed by atoms with Crippen LogP contribution in [0.15, 0.2) is 53.6 Å². The summed E-state index contributed by atoms with van der Waals surface area (Å²) in [4.78, 5) is 23.8. The summed E-state index contributed by atoms with van der Waals surface area (Å²) in [6.07, 6.45) is 0.246. The monoisotopic (exact) mass is 377 g/mol. The molecule has 0 aliphatic heterocycles. The number of benzene rings is 2. The maximum atomic E-state index is 11.9. The van der Waals surface area contributed by atoms with E-state index in [2.05, 4.69) is 15.8 Å². The van der Waals surface area contributed by atoms with E-state index in [-0.39, 0.29) is 24.7 Å². The molecule has 0 saturated carbocycles. The third-order valence-electron chi connectivity index (χ3n) is 3.17. The molecule has 130 valence electrons. The normalized spacial score (nSPS) is 11.1. The van der Waals surface area contributed by atoms with Gasteiger partial charge in [-0.05, 0) is 42.8 Å². The van der Waals surface area contributed by atoms with Crippen LogP contribution in [0.3, 0.4) is 0 Å². The topological polar surface area (TPSA) is 70.6 Å². The van der Waals surface area contributed by atoms with Crippen molar-refractivity contribution in [3.8, 4) is 0 Å². The quantitative estimate of drug-likeness (QED) is 0.588. The zero-order valence-corrected chi connectivity index (χ0v) is 15.1. The molecule has 2 rings (SSSR count). The number of rotatable bonds is 6. The van der Waals surface area contributed by atoms with Gasteiger partial charge in [0.2, 0.25) is 11.8 Å². The Kier molecular flexibility index (Phi) is 6.98. The van der Waals surface area contributed by atoms with Crippen molar-refractivity contribution in [2.24, 2.45) is 5.10 Å². The van der Waals surface area contributed by atoms with Crippen LogP contribution in [0.5, 0.6) is 0 Å². The van der Waals surface area contributed by atoms with Gasteiger partial charge in [-0.25, -0.2) is 5.43 Å². The number of carbonyl (C=O) groups excluding carboxylic acids is 2. The second-order valence-electron chi connectivity index (χ2n) is 5.42. The molecule has 0 unspecified atom stereocenters. The highest BCUT2D eigenvalue weighted by Crippen LogP contribution is 2.15. The molecular formula is C18H17Cl2N3O2. The van der Waals surface area contributed by atoms with E-state index in [1.54, 1.807) is 55.5 Å². The Hall–Kier alpha value is -2.37. The molecule has 2 aromatic carbocycles. The number of carbonyl (C=O) groups is 2. The Labute approximate surface area is 156 Å². The fourth-order valence-corrected chi connectivity index (χ4v) is 2.34. The Morgan fingerprint density at radius 1 is 1.00 bits per heavy atom. The van der Waals surface area contributed by atoms with Crippen LogP contribution in [-0.4, -0.2) is 17.5 Å². The Balaban J connectivity index is 1.81. The second kappa shape index (κ2) is 9.20. The van der Waals surface area contributed by atoms with Crippen molar-refractivity contribution < 1.29 is 9.59 Å². The summed E-state index contributed by atoms with van der Waals surface area (Å²) < 4.78 is 0. The molecule has 0 spiro atoms. The lowest BCUT2D eigenvalue weighted by Crippen LogP contribution is -2.22. The van der Waals surface area contributed by atoms with Crippen molar-refractivity contribution in [1.29, 1.82) is 0 Å². The highest BCUT2D eigenvalue weighted by molar-refractivity contribution is 6.31. The molecule has 0 bridgehead atoms. The molecule has 0 aliphatic rings. The van der Waals surface area contributed by atoms with Crippen molar-refractivity contribution in [1.82, 2.24) is 5.43 Å². The molecule has 0 atom stereocenters. The third-order valence-corrected chi connectivity index (χ3v) is 3.66. The molecule has 0 heterocycles. The molecule has 25 heavy (non-hydrogen) atoms. The van der Waals surface area contributed by atoms with Gasteiger partial charge in [-0.1, -0.05) is 41.4 Å². The fraction of sp³-hybridized carbons (Fsp3) is 0.167. The largest absolute Gasteiger partial charge is 0.326 e. The Bertz CT molecular complexity index is 789. The van der Waals surface area contributed by atoms with Gasteiger partial charge in [-0.15, -0.1) is 0 Å². The average Bonchev–Trinajstić information content (AvgIpc) is 2.55. The maximum absolute atomic E-state index is 11.9. The first-order valence-electron chi connectivity index (χ1n) is 7.54. The summed E-state index contributed by atoms with van der Waals surface area (Å²) in [6, 6.07) is 13.9. The summed E-state index contributed by atoms with van der Waals surface area (Å²) in [7, 11) is 0. The summed E-state index contributed by atoms with van der Waals surface area (Å²) in [5.41, 5.74) is 4.36. The zero-order valence-electron chi connectivity index (χ0n) is 13.6. The first-order valence-corrected chi connectivity index (χ1v) is 8.30. The fourth-order valence-electron chi connectivity index (χ4n) is 2.03. The van der Waals surface area contributed by atoms with Gasteiger partial charge in [0.25, 0.3) is 0 Å². The van der Waals surface area contributed by atoms with Crippen LogP contribution in [0.2, 0.25) is 10.0 Å². The van der Waals surface area contributed by atoms with Gasteiger partial charge in [-0.3, -0.25) is 9.59 Å². The van der Waals surface area contributed by atoms with E-state index in [0.717, 1.165) is 5.56 Å².